The van der Waals surface area contributed by atoms with Crippen LogP contribution in [0.2, 0.25) is 5.02 Å². The predicted molar refractivity (Wildman–Crippen MR) is 118 cm³/mol. The van der Waals surface area contributed by atoms with Crippen LogP contribution in [0.15, 0.2) is 72.8 Å². The Hall–Kier alpha value is -3.70. The number of phenols is 1. The maximum atomic E-state index is 10.3. The van der Waals surface area contributed by atoms with Crippen molar-refractivity contribution in [2.75, 3.05) is 5.73 Å². The van der Waals surface area contributed by atoms with E-state index in [0.717, 1.165) is 37.6 Å². The van der Waals surface area contributed by atoms with Crippen molar-refractivity contribution >= 4 is 55.8 Å². The monoisotopic (exact) mass is 404 g/mol. The van der Waals surface area contributed by atoms with Crippen LogP contribution in [0.25, 0.3) is 32.6 Å². The number of hydrogen-bond donors (Lipinski definition) is 4. The second-order valence-corrected chi connectivity index (χ2v) is 7.08. The highest BCUT2D eigenvalue weighted by atomic mass is 35.5. The molecule has 0 saturated carbocycles. The minimum absolute atomic E-state index is 0.222. The van der Waals surface area contributed by atoms with E-state index in [1.165, 1.54) is 12.1 Å². The van der Waals surface area contributed by atoms with Crippen molar-refractivity contribution < 1.29 is 15.0 Å². The quantitative estimate of drug-likeness (QED) is 0.265. The number of nitrogens with one attached hydrogen (secondary N) is 1. The van der Waals surface area contributed by atoms with Gasteiger partial charge in [-0.05, 0) is 53.9 Å². The first-order valence-electron chi connectivity index (χ1n) is 8.84. The number of nitrogen functional groups attached to an aromatic ring is 1. The van der Waals surface area contributed by atoms with E-state index in [4.69, 9.17) is 22.4 Å². The standard InChI is InChI=1S/C16H10ClNO.C7H7NO2/c17-10-3-6-15-14(7-10)12-5-2-9-1-4-11(19)8-13(9)16(12)18-15;8-6-3-1-2-5(4-6)7(9)10/h1-8,18-19H;1-4H,8H2,(H,9,10). The number of H-pyrrole nitrogens is 1. The number of aromatic nitrogens is 1. The Balaban J connectivity index is 0.000000174. The molecule has 5 rings (SSSR count). The van der Waals surface area contributed by atoms with Gasteiger partial charge in [0.1, 0.15) is 5.75 Å². The first-order valence-corrected chi connectivity index (χ1v) is 9.22. The third kappa shape index (κ3) is 3.68. The molecule has 0 saturated heterocycles. The molecule has 6 heteroatoms. The minimum Gasteiger partial charge on any atom is -0.508 e. The molecule has 0 unspecified atom stereocenters. The number of aromatic hydroxyl groups is 1. The molecule has 1 heterocycles. The highest BCUT2D eigenvalue weighted by molar-refractivity contribution is 6.32. The van der Waals surface area contributed by atoms with E-state index in [1.54, 1.807) is 24.3 Å². The maximum absolute atomic E-state index is 10.3. The Morgan fingerprint density at radius 1 is 0.897 bits per heavy atom. The van der Waals surface area contributed by atoms with Crippen LogP contribution in [0, 0.1) is 0 Å². The molecule has 0 radical (unpaired) electrons. The summed E-state index contributed by atoms with van der Waals surface area (Å²) in [5.74, 6) is -0.677. The molecule has 29 heavy (non-hydrogen) atoms. The van der Waals surface area contributed by atoms with Gasteiger partial charge in [-0.2, -0.15) is 0 Å². The molecule has 0 amide bonds. The molecule has 0 aliphatic carbocycles. The Morgan fingerprint density at radius 2 is 1.69 bits per heavy atom. The van der Waals surface area contributed by atoms with Crippen molar-refractivity contribution in [3.8, 4) is 5.75 Å². The van der Waals surface area contributed by atoms with E-state index in [2.05, 4.69) is 17.1 Å². The second kappa shape index (κ2) is 7.37. The molecule has 144 valence electrons. The molecule has 5 N–H and O–H groups in total. The van der Waals surface area contributed by atoms with Crippen LogP contribution < -0.4 is 5.73 Å². The summed E-state index contributed by atoms with van der Waals surface area (Å²) in [4.78, 5) is 13.7. The number of carbonyl (C=O) groups is 1. The van der Waals surface area contributed by atoms with E-state index in [-0.39, 0.29) is 11.3 Å². The third-order valence-corrected chi connectivity index (χ3v) is 4.91. The fourth-order valence-electron chi connectivity index (χ4n) is 3.32. The van der Waals surface area contributed by atoms with Crippen molar-refractivity contribution in [1.82, 2.24) is 4.98 Å². The average molecular weight is 405 g/mol. The number of phenolic OH excluding ortho intramolecular Hbond substituents is 1. The Kier molecular flexibility index (Phi) is 4.74. The van der Waals surface area contributed by atoms with E-state index in [1.807, 2.05) is 24.3 Å². The van der Waals surface area contributed by atoms with Gasteiger partial charge in [0.15, 0.2) is 0 Å². The van der Waals surface area contributed by atoms with Crippen molar-refractivity contribution in [3.05, 3.63) is 83.4 Å². The van der Waals surface area contributed by atoms with Crippen LogP contribution in [0.1, 0.15) is 10.4 Å². The second-order valence-electron chi connectivity index (χ2n) is 6.64. The average Bonchev–Trinajstić information content (AvgIpc) is 3.07. The summed E-state index contributed by atoms with van der Waals surface area (Å²) in [5, 5.41) is 23.2. The highest BCUT2D eigenvalue weighted by Crippen LogP contribution is 2.33. The fourth-order valence-corrected chi connectivity index (χ4v) is 3.49. The third-order valence-electron chi connectivity index (χ3n) is 4.67. The molecule has 0 bridgehead atoms. The molecule has 1 aromatic heterocycles. The molecule has 4 aromatic carbocycles. The van der Waals surface area contributed by atoms with Crippen molar-refractivity contribution in [1.29, 1.82) is 0 Å². The van der Waals surface area contributed by atoms with E-state index in [0.29, 0.717) is 5.69 Å². The van der Waals surface area contributed by atoms with Gasteiger partial charge < -0.3 is 20.9 Å². The van der Waals surface area contributed by atoms with Gasteiger partial charge in [-0.25, -0.2) is 4.79 Å². The number of halogens is 1. The molecule has 0 fully saturated rings. The molecular weight excluding hydrogens is 388 g/mol. The summed E-state index contributed by atoms with van der Waals surface area (Å²) in [6, 6.07) is 21.5. The largest absolute Gasteiger partial charge is 0.508 e. The topological polar surface area (TPSA) is 99.3 Å². The van der Waals surface area contributed by atoms with Gasteiger partial charge in [0.05, 0.1) is 11.1 Å². The number of fused-ring (bicyclic) bond motifs is 5. The number of carboxylic acids is 1. The molecule has 5 aromatic rings. The first kappa shape index (κ1) is 18.7. The SMILES string of the molecule is Nc1cccc(C(=O)O)c1.Oc1ccc2ccc3c4cc(Cl)ccc4[nH]c3c2c1. The Labute approximate surface area is 171 Å². The summed E-state index contributed by atoms with van der Waals surface area (Å²) in [5.41, 5.74) is 8.11. The Morgan fingerprint density at radius 3 is 2.41 bits per heavy atom. The summed E-state index contributed by atoms with van der Waals surface area (Å²) >= 11 is 6.07. The van der Waals surface area contributed by atoms with Gasteiger partial charge in [0.25, 0.3) is 0 Å². The lowest BCUT2D eigenvalue weighted by molar-refractivity contribution is 0.0697. The van der Waals surface area contributed by atoms with Crippen molar-refractivity contribution in [2.24, 2.45) is 0 Å². The van der Waals surface area contributed by atoms with Gasteiger partial charge in [-0.1, -0.05) is 35.9 Å². The van der Waals surface area contributed by atoms with Crippen LogP contribution >= 0.6 is 11.6 Å². The summed E-state index contributed by atoms with van der Waals surface area (Å²) < 4.78 is 0. The molecular formula is C23H17ClN2O3. The van der Waals surface area contributed by atoms with Gasteiger partial charge in [-0.3, -0.25) is 0 Å². The zero-order valence-electron chi connectivity index (χ0n) is 15.2. The molecule has 0 aliphatic heterocycles. The lowest BCUT2D eigenvalue weighted by atomic mass is 10.1. The van der Waals surface area contributed by atoms with Crippen molar-refractivity contribution in [3.63, 3.8) is 0 Å². The van der Waals surface area contributed by atoms with Crippen LogP contribution in [0.4, 0.5) is 5.69 Å². The van der Waals surface area contributed by atoms with Gasteiger partial charge in [-0.15, -0.1) is 0 Å². The lowest BCUT2D eigenvalue weighted by Crippen LogP contribution is -1.96. The molecule has 5 nitrogen and oxygen atoms in total. The number of hydrogen-bond acceptors (Lipinski definition) is 3. The first-order chi connectivity index (χ1) is 13.9. The number of nitrogens with two attached hydrogens (primary N) is 1. The molecule has 0 spiro atoms. The number of aromatic amines is 1. The van der Waals surface area contributed by atoms with E-state index in [9.17, 15) is 9.90 Å². The number of carboxylic acid groups (broad SMARTS) is 1. The molecule has 0 atom stereocenters. The van der Waals surface area contributed by atoms with E-state index < -0.39 is 5.97 Å². The lowest BCUT2D eigenvalue weighted by Gasteiger charge is -2.00. The zero-order valence-corrected chi connectivity index (χ0v) is 15.9. The van der Waals surface area contributed by atoms with Gasteiger partial charge in [0.2, 0.25) is 0 Å². The fraction of sp³-hybridized carbons (Fsp3) is 0. The number of benzene rings is 4. The number of anilines is 1. The maximum Gasteiger partial charge on any atom is 0.335 e. The van der Waals surface area contributed by atoms with Gasteiger partial charge >= 0.3 is 5.97 Å². The van der Waals surface area contributed by atoms with Gasteiger partial charge in [0, 0.05) is 32.4 Å². The smallest absolute Gasteiger partial charge is 0.335 e. The summed E-state index contributed by atoms with van der Waals surface area (Å²) in [6.45, 7) is 0. The number of aromatic carboxylic acids is 1. The highest BCUT2D eigenvalue weighted by Gasteiger charge is 2.08. The van der Waals surface area contributed by atoms with Crippen LogP contribution in [-0.4, -0.2) is 21.2 Å². The normalized spacial score (nSPS) is 10.8. The summed E-state index contributed by atoms with van der Waals surface area (Å²) in [6.07, 6.45) is 0. The predicted octanol–water partition coefficient (Wildman–Crippen LogP) is 5.80. The zero-order chi connectivity index (χ0) is 20.5. The van der Waals surface area contributed by atoms with Crippen molar-refractivity contribution in [2.45, 2.75) is 0 Å². The van der Waals surface area contributed by atoms with Crippen LogP contribution in [0.3, 0.4) is 0 Å². The summed E-state index contributed by atoms with van der Waals surface area (Å²) in [7, 11) is 0. The minimum atomic E-state index is -0.952. The van der Waals surface area contributed by atoms with E-state index >= 15 is 0 Å². The van der Waals surface area contributed by atoms with Crippen LogP contribution in [0.5, 0.6) is 5.75 Å². The Bertz CT molecular complexity index is 1380. The number of rotatable bonds is 1. The molecule has 0 aliphatic rings. The van der Waals surface area contributed by atoms with Crippen LogP contribution in [-0.2, 0) is 0 Å².